The van der Waals surface area contributed by atoms with E-state index in [-0.39, 0.29) is 0 Å². The molecule has 0 radical (unpaired) electrons. The van der Waals surface area contributed by atoms with Crippen LogP contribution in [0.15, 0.2) is 34.4 Å². The Balaban J connectivity index is 2.91. The van der Waals surface area contributed by atoms with Gasteiger partial charge in [-0.25, -0.2) is 0 Å². The van der Waals surface area contributed by atoms with Crippen molar-refractivity contribution < 1.29 is 4.79 Å². The molecule has 1 nitrogen and oxygen atoms in total. The molecule has 17 heavy (non-hydrogen) atoms. The first-order valence-corrected chi connectivity index (χ1v) is 6.51. The third-order valence-corrected chi connectivity index (χ3v) is 3.59. The molecule has 0 aromatic rings. The molecular formula is C16H24O. The zero-order valence-electron chi connectivity index (χ0n) is 11.6. The van der Waals surface area contributed by atoms with E-state index in [0.29, 0.717) is 12.2 Å². The summed E-state index contributed by atoms with van der Waals surface area (Å²) in [6, 6.07) is 0. The summed E-state index contributed by atoms with van der Waals surface area (Å²) in [4.78, 5) is 12.0. The molecule has 0 aliphatic heterocycles. The molecule has 0 atom stereocenters. The zero-order chi connectivity index (χ0) is 12.8. The van der Waals surface area contributed by atoms with E-state index in [1.807, 2.05) is 6.92 Å². The highest BCUT2D eigenvalue weighted by Gasteiger charge is 2.08. The summed E-state index contributed by atoms with van der Waals surface area (Å²) in [6.07, 6.45) is 9.27. The average Bonchev–Trinajstić information content (AvgIpc) is 2.30. The fraction of sp³-hybridized carbons (Fsp3) is 0.562. The first-order valence-electron chi connectivity index (χ1n) is 6.51. The topological polar surface area (TPSA) is 17.1 Å². The van der Waals surface area contributed by atoms with Crippen molar-refractivity contribution in [2.45, 2.75) is 59.8 Å². The van der Waals surface area contributed by atoms with Crippen molar-refractivity contribution in [1.29, 1.82) is 0 Å². The minimum absolute atomic E-state index is 0.307. The minimum atomic E-state index is 0.307. The highest BCUT2D eigenvalue weighted by atomic mass is 16.1. The Kier molecular flexibility index (Phi) is 5.40. The van der Waals surface area contributed by atoms with E-state index in [9.17, 15) is 4.79 Å². The number of ketones is 1. The number of Topliss-reactive ketones (excluding diaryl/α,β-unsaturated/α-hetero) is 1. The van der Waals surface area contributed by atoms with Crippen molar-refractivity contribution in [3.8, 4) is 0 Å². The molecule has 0 N–H and O–H groups in total. The molecule has 0 aromatic heterocycles. The van der Waals surface area contributed by atoms with Gasteiger partial charge in [-0.05, 0) is 59.0 Å². The number of carbonyl (C=O) groups is 1. The van der Waals surface area contributed by atoms with E-state index in [1.54, 1.807) is 0 Å². The zero-order valence-corrected chi connectivity index (χ0v) is 11.6. The Hall–Kier alpha value is -1.11. The van der Waals surface area contributed by atoms with E-state index in [4.69, 9.17) is 0 Å². The lowest BCUT2D eigenvalue weighted by Crippen LogP contribution is -2.02. The molecule has 0 aromatic carbocycles. The maximum atomic E-state index is 12.0. The lowest BCUT2D eigenvalue weighted by atomic mass is 9.96. The summed E-state index contributed by atoms with van der Waals surface area (Å²) >= 11 is 0. The van der Waals surface area contributed by atoms with Crippen LogP contribution in [0.25, 0.3) is 0 Å². The molecule has 0 fully saturated rings. The van der Waals surface area contributed by atoms with Gasteiger partial charge in [0.2, 0.25) is 0 Å². The van der Waals surface area contributed by atoms with E-state index in [1.165, 1.54) is 16.7 Å². The molecule has 1 aliphatic carbocycles. The van der Waals surface area contributed by atoms with Crippen LogP contribution >= 0.6 is 0 Å². The van der Waals surface area contributed by atoms with Gasteiger partial charge in [-0.1, -0.05) is 28.9 Å². The number of hydrogen-bond donors (Lipinski definition) is 0. The third-order valence-electron chi connectivity index (χ3n) is 3.59. The number of allylic oxidation sites excluding steroid dienone is 6. The molecule has 0 bridgehead atoms. The second kappa shape index (κ2) is 6.58. The van der Waals surface area contributed by atoms with Crippen LogP contribution in [0.1, 0.15) is 59.8 Å². The Morgan fingerprint density at radius 2 is 1.53 bits per heavy atom. The fourth-order valence-electron chi connectivity index (χ4n) is 1.97. The third kappa shape index (κ3) is 4.72. The van der Waals surface area contributed by atoms with Crippen molar-refractivity contribution in [3.05, 3.63) is 34.4 Å². The van der Waals surface area contributed by atoms with Crippen molar-refractivity contribution >= 4 is 5.78 Å². The molecule has 0 saturated heterocycles. The lowest BCUT2D eigenvalue weighted by Gasteiger charge is -2.08. The first-order chi connectivity index (χ1) is 8.00. The summed E-state index contributed by atoms with van der Waals surface area (Å²) < 4.78 is 0. The minimum Gasteiger partial charge on any atom is -0.295 e. The van der Waals surface area contributed by atoms with Crippen LogP contribution in [0.4, 0.5) is 0 Å². The lowest BCUT2D eigenvalue weighted by molar-refractivity contribution is -0.115. The van der Waals surface area contributed by atoms with Crippen molar-refractivity contribution in [2.75, 3.05) is 0 Å². The van der Waals surface area contributed by atoms with Gasteiger partial charge in [0, 0.05) is 6.42 Å². The Labute approximate surface area is 105 Å². The second-order valence-electron chi connectivity index (χ2n) is 5.17. The SMILES string of the molecule is C/C1=C/C/C(C)=C(/C)C(=O)CC/C(C)=C\CC1. The predicted octanol–water partition coefficient (Wildman–Crippen LogP) is 4.75. The molecule has 0 spiro atoms. The van der Waals surface area contributed by atoms with Gasteiger partial charge in [0.25, 0.3) is 0 Å². The summed E-state index contributed by atoms with van der Waals surface area (Å²) in [7, 11) is 0. The molecule has 1 rings (SSSR count). The molecule has 0 amide bonds. The van der Waals surface area contributed by atoms with Crippen LogP contribution in [0, 0.1) is 0 Å². The van der Waals surface area contributed by atoms with E-state index in [2.05, 4.69) is 32.9 Å². The van der Waals surface area contributed by atoms with E-state index >= 15 is 0 Å². The Morgan fingerprint density at radius 3 is 2.24 bits per heavy atom. The molecule has 0 unspecified atom stereocenters. The Morgan fingerprint density at radius 1 is 0.882 bits per heavy atom. The van der Waals surface area contributed by atoms with Gasteiger partial charge in [0.15, 0.2) is 5.78 Å². The van der Waals surface area contributed by atoms with Crippen molar-refractivity contribution in [3.63, 3.8) is 0 Å². The average molecular weight is 232 g/mol. The monoisotopic (exact) mass is 232 g/mol. The quantitative estimate of drug-likeness (QED) is 0.551. The summed E-state index contributed by atoms with van der Waals surface area (Å²) in [6.45, 7) is 8.35. The number of rotatable bonds is 0. The maximum absolute atomic E-state index is 12.0. The standard InChI is InChI=1S/C16H24O/c1-12-6-5-7-13(2)9-11-16(17)15(4)14(3)10-8-12/h7-8H,5-6,9-11H2,1-4H3/b12-8-,13-7-,15-14-. The van der Waals surface area contributed by atoms with E-state index in [0.717, 1.165) is 31.3 Å². The van der Waals surface area contributed by atoms with Crippen molar-refractivity contribution in [2.24, 2.45) is 0 Å². The predicted molar refractivity (Wildman–Crippen MR) is 74.0 cm³/mol. The van der Waals surface area contributed by atoms with Gasteiger partial charge in [0.1, 0.15) is 0 Å². The van der Waals surface area contributed by atoms with Gasteiger partial charge in [-0.3, -0.25) is 4.79 Å². The van der Waals surface area contributed by atoms with Gasteiger partial charge in [-0.15, -0.1) is 0 Å². The number of hydrogen-bond acceptors (Lipinski definition) is 1. The summed E-state index contributed by atoms with van der Waals surface area (Å²) in [5.74, 6) is 0.307. The van der Waals surface area contributed by atoms with Crippen LogP contribution in [0.5, 0.6) is 0 Å². The fourth-order valence-corrected chi connectivity index (χ4v) is 1.97. The molecule has 1 aliphatic rings. The van der Waals surface area contributed by atoms with E-state index < -0.39 is 0 Å². The highest BCUT2D eigenvalue weighted by molar-refractivity contribution is 5.95. The first kappa shape index (κ1) is 14.0. The van der Waals surface area contributed by atoms with Gasteiger partial charge in [-0.2, -0.15) is 0 Å². The second-order valence-corrected chi connectivity index (χ2v) is 5.17. The number of carbonyl (C=O) groups excluding carboxylic acids is 1. The van der Waals surface area contributed by atoms with Gasteiger partial charge in [0.05, 0.1) is 0 Å². The molecule has 94 valence electrons. The maximum Gasteiger partial charge on any atom is 0.158 e. The highest BCUT2D eigenvalue weighted by Crippen LogP contribution is 2.18. The smallest absolute Gasteiger partial charge is 0.158 e. The van der Waals surface area contributed by atoms with Crippen LogP contribution in [0.2, 0.25) is 0 Å². The molecular weight excluding hydrogens is 208 g/mol. The van der Waals surface area contributed by atoms with Gasteiger partial charge < -0.3 is 0 Å². The molecule has 0 heterocycles. The Bertz CT molecular complexity index is 380. The summed E-state index contributed by atoms with van der Waals surface area (Å²) in [5.41, 5.74) is 4.95. The molecule has 0 saturated carbocycles. The largest absolute Gasteiger partial charge is 0.295 e. The van der Waals surface area contributed by atoms with Crippen LogP contribution < -0.4 is 0 Å². The van der Waals surface area contributed by atoms with Gasteiger partial charge >= 0.3 is 0 Å². The van der Waals surface area contributed by atoms with Crippen molar-refractivity contribution in [1.82, 2.24) is 0 Å². The van der Waals surface area contributed by atoms with Crippen LogP contribution in [-0.2, 0) is 4.79 Å². The summed E-state index contributed by atoms with van der Waals surface area (Å²) in [5, 5.41) is 0. The molecule has 1 heteroatoms. The van der Waals surface area contributed by atoms with Crippen LogP contribution in [0.3, 0.4) is 0 Å². The van der Waals surface area contributed by atoms with Crippen LogP contribution in [-0.4, -0.2) is 5.78 Å². The normalized spacial score (nSPS) is 30.7.